The quantitative estimate of drug-likeness (QED) is 0.619. The number of phenolic OH excluding ortho intramolecular Hbond substituents is 1. The normalized spacial score (nSPS) is 20.3. The van der Waals surface area contributed by atoms with Crippen LogP contribution in [0.1, 0.15) is 30.1 Å². The van der Waals surface area contributed by atoms with Crippen LogP contribution in [-0.2, 0) is 11.3 Å². The molecule has 1 fully saturated rings. The SMILES string of the molecule is O=[N+]([O-])c1ccc(O)c(CNC[C@@H]2CCCO[C@@H]2c2ccccc2)c1. The van der Waals surface area contributed by atoms with Gasteiger partial charge in [0.05, 0.1) is 11.0 Å². The predicted octanol–water partition coefficient (Wildman–Crippen LogP) is 3.56. The van der Waals surface area contributed by atoms with E-state index in [1.165, 1.54) is 23.8 Å². The highest BCUT2D eigenvalue weighted by Gasteiger charge is 2.27. The molecule has 0 spiro atoms. The summed E-state index contributed by atoms with van der Waals surface area (Å²) in [5.74, 6) is 0.398. The van der Waals surface area contributed by atoms with E-state index < -0.39 is 4.92 Å². The van der Waals surface area contributed by atoms with Gasteiger partial charge in [0.2, 0.25) is 0 Å². The number of rotatable bonds is 6. The number of hydrogen-bond donors (Lipinski definition) is 2. The minimum Gasteiger partial charge on any atom is -0.508 e. The van der Waals surface area contributed by atoms with E-state index in [-0.39, 0.29) is 17.5 Å². The van der Waals surface area contributed by atoms with Gasteiger partial charge in [0, 0.05) is 43.3 Å². The second-order valence-electron chi connectivity index (χ2n) is 6.31. The maximum Gasteiger partial charge on any atom is 0.270 e. The number of phenols is 1. The molecule has 0 amide bonds. The van der Waals surface area contributed by atoms with Gasteiger partial charge >= 0.3 is 0 Å². The third-order valence-corrected chi connectivity index (χ3v) is 4.57. The van der Waals surface area contributed by atoms with Gasteiger partial charge in [0.15, 0.2) is 0 Å². The number of hydrogen-bond acceptors (Lipinski definition) is 5. The van der Waals surface area contributed by atoms with Gasteiger partial charge in [-0.15, -0.1) is 0 Å². The summed E-state index contributed by atoms with van der Waals surface area (Å²) in [6, 6.07) is 14.3. The Morgan fingerprint density at radius 3 is 2.80 bits per heavy atom. The van der Waals surface area contributed by atoms with Crippen LogP contribution in [0.4, 0.5) is 5.69 Å². The monoisotopic (exact) mass is 342 g/mol. The highest BCUT2D eigenvalue weighted by Crippen LogP contribution is 2.33. The lowest BCUT2D eigenvalue weighted by Crippen LogP contribution is -2.31. The zero-order valence-electron chi connectivity index (χ0n) is 13.9. The van der Waals surface area contributed by atoms with Gasteiger partial charge in [-0.25, -0.2) is 0 Å². The largest absolute Gasteiger partial charge is 0.508 e. The van der Waals surface area contributed by atoms with Crippen molar-refractivity contribution in [1.82, 2.24) is 5.32 Å². The molecular weight excluding hydrogens is 320 g/mol. The first-order valence-corrected chi connectivity index (χ1v) is 8.48. The number of aromatic hydroxyl groups is 1. The molecule has 0 unspecified atom stereocenters. The molecule has 0 bridgehead atoms. The minimum absolute atomic E-state index is 0.0160. The van der Waals surface area contributed by atoms with Gasteiger partial charge in [-0.05, 0) is 24.5 Å². The van der Waals surface area contributed by atoms with E-state index in [0.717, 1.165) is 26.0 Å². The fourth-order valence-corrected chi connectivity index (χ4v) is 3.28. The summed E-state index contributed by atoms with van der Waals surface area (Å²) in [7, 11) is 0. The van der Waals surface area contributed by atoms with Crippen LogP contribution in [0, 0.1) is 16.0 Å². The molecule has 1 heterocycles. The fraction of sp³-hybridized carbons (Fsp3) is 0.368. The Balaban J connectivity index is 1.62. The van der Waals surface area contributed by atoms with Gasteiger partial charge in [-0.1, -0.05) is 30.3 Å². The van der Waals surface area contributed by atoms with Crippen LogP contribution in [0.25, 0.3) is 0 Å². The van der Waals surface area contributed by atoms with Crippen molar-refractivity contribution in [3.05, 3.63) is 69.8 Å². The molecular formula is C19H22N2O4. The Hall–Kier alpha value is -2.44. The minimum atomic E-state index is -0.455. The lowest BCUT2D eigenvalue weighted by atomic mass is 9.89. The summed E-state index contributed by atoms with van der Waals surface area (Å²) in [5, 5.41) is 24.1. The molecule has 6 nitrogen and oxygen atoms in total. The van der Waals surface area contributed by atoms with E-state index in [1.54, 1.807) is 0 Å². The molecule has 3 rings (SSSR count). The number of nitro benzene ring substituents is 1. The Bertz CT molecular complexity index is 721. The van der Waals surface area contributed by atoms with Crippen LogP contribution in [0.15, 0.2) is 48.5 Å². The highest BCUT2D eigenvalue weighted by molar-refractivity contribution is 5.42. The Labute approximate surface area is 146 Å². The molecule has 2 aromatic carbocycles. The number of ether oxygens (including phenoxy) is 1. The standard InChI is InChI=1S/C19H22N2O4/c22-18-9-8-17(21(23)24)11-16(18)13-20-12-15-7-4-10-25-19(15)14-5-2-1-3-6-14/h1-3,5-6,8-9,11,15,19-20,22H,4,7,10,12-13H2/t15-,19+/m0/s1. The van der Waals surface area contributed by atoms with Gasteiger partial charge < -0.3 is 15.2 Å². The summed E-state index contributed by atoms with van der Waals surface area (Å²) >= 11 is 0. The summed E-state index contributed by atoms with van der Waals surface area (Å²) in [5.41, 5.74) is 1.69. The lowest BCUT2D eigenvalue weighted by Gasteiger charge is -2.32. The molecule has 0 aliphatic carbocycles. The number of nitrogens with one attached hydrogen (secondary N) is 1. The molecule has 2 atom stereocenters. The van der Waals surface area contributed by atoms with Crippen molar-refractivity contribution in [3.63, 3.8) is 0 Å². The van der Waals surface area contributed by atoms with Crippen molar-refractivity contribution in [2.45, 2.75) is 25.5 Å². The molecule has 2 N–H and O–H groups in total. The van der Waals surface area contributed by atoms with E-state index in [4.69, 9.17) is 4.74 Å². The summed E-state index contributed by atoms with van der Waals surface area (Å²) in [6.45, 7) is 1.87. The van der Waals surface area contributed by atoms with E-state index in [2.05, 4.69) is 17.4 Å². The average molecular weight is 342 g/mol. The van der Waals surface area contributed by atoms with Crippen LogP contribution >= 0.6 is 0 Å². The molecule has 2 aromatic rings. The van der Waals surface area contributed by atoms with Gasteiger partial charge in [0.1, 0.15) is 5.75 Å². The first-order valence-electron chi connectivity index (χ1n) is 8.48. The Kier molecular flexibility index (Phi) is 5.63. The van der Waals surface area contributed by atoms with Crippen LogP contribution in [-0.4, -0.2) is 23.2 Å². The van der Waals surface area contributed by atoms with Gasteiger partial charge in [-0.2, -0.15) is 0 Å². The second-order valence-corrected chi connectivity index (χ2v) is 6.31. The first kappa shape index (κ1) is 17.4. The summed E-state index contributed by atoms with van der Waals surface area (Å²) < 4.78 is 5.97. The molecule has 25 heavy (non-hydrogen) atoms. The van der Waals surface area contributed by atoms with E-state index in [9.17, 15) is 15.2 Å². The molecule has 0 radical (unpaired) electrons. The topological polar surface area (TPSA) is 84.6 Å². The van der Waals surface area contributed by atoms with Crippen molar-refractivity contribution in [3.8, 4) is 5.75 Å². The van der Waals surface area contributed by atoms with E-state index >= 15 is 0 Å². The van der Waals surface area contributed by atoms with Crippen LogP contribution < -0.4 is 5.32 Å². The van der Waals surface area contributed by atoms with Gasteiger partial charge in [0.25, 0.3) is 5.69 Å². The smallest absolute Gasteiger partial charge is 0.270 e. The van der Waals surface area contributed by atoms with E-state index in [1.807, 2.05) is 18.2 Å². The summed E-state index contributed by atoms with van der Waals surface area (Å²) in [6.07, 6.45) is 2.15. The second kappa shape index (κ2) is 8.09. The van der Waals surface area contributed by atoms with Crippen molar-refractivity contribution < 1.29 is 14.8 Å². The molecule has 0 saturated carbocycles. The highest BCUT2D eigenvalue weighted by atomic mass is 16.6. The fourth-order valence-electron chi connectivity index (χ4n) is 3.28. The van der Waals surface area contributed by atoms with Crippen LogP contribution in [0.3, 0.4) is 0 Å². The molecule has 1 saturated heterocycles. The number of nitro groups is 1. The number of benzene rings is 2. The lowest BCUT2D eigenvalue weighted by molar-refractivity contribution is -0.384. The van der Waals surface area contributed by atoms with Crippen LogP contribution in [0.5, 0.6) is 5.75 Å². The Morgan fingerprint density at radius 2 is 2.04 bits per heavy atom. The van der Waals surface area contributed by atoms with Gasteiger partial charge in [-0.3, -0.25) is 10.1 Å². The third-order valence-electron chi connectivity index (χ3n) is 4.57. The maximum absolute atomic E-state index is 10.9. The number of nitrogens with zero attached hydrogens (tertiary/aromatic N) is 1. The molecule has 1 aliphatic rings. The molecule has 1 aliphatic heterocycles. The maximum atomic E-state index is 10.9. The molecule has 6 heteroatoms. The predicted molar refractivity (Wildman–Crippen MR) is 94.3 cm³/mol. The third kappa shape index (κ3) is 4.35. The van der Waals surface area contributed by atoms with Crippen molar-refractivity contribution in [2.24, 2.45) is 5.92 Å². The molecule has 132 valence electrons. The van der Waals surface area contributed by atoms with Crippen molar-refractivity contribution in [1.29, 1.82) is 0 Å². The zero-order chi connectivity index (χ0) is 17.6. The zero-order valence-corrected chi connectivity index (χ0v) is 13.9. The van der Waals surface area contributed by atoms with E-state index in [0.29, 0.717) is 18.0 Å². The number of non-ortho nitro benzene ring substituents is 1. The molecule has 0 aromatic heterocycles. The first-order chi connectivity index (χ1) is 12.1. The average Bonchev–Trinajstić information content (AvgIpc) is 2.64. The van der Waals surface area contributed by atoms with Crippen molar-refractivity contribution >= 4 is 5.69 Å². The van der Waals surface area contributed by atoms with Crippen molar-refractivity contribution in [2.75, 3.05) is 13.2 Å². The van der Waals surface area contributed by atoms with Crippen LogP contribution in [0.2, 0.25) is 0 Å². The summed E-state index contributed by atoms with van der Waals surface area (Å²) in [4.78, 5) is 10.4. The Morgan fingerprint density at radius 1 is 1.24 bits per heavy atom.